The number of β-amino-alcohol motifs (C(OH)–C–C–N with tert-alkyl or cyclic N) is 1. The number of hydrogen-bond donors (Lipinski definition) is 2. The Bertz CT molecular complexity index is 940. The Hall–Kier alpha value is -2.28. The molecule has 2 aromatic rings. The van der Waals surface area contributed by atoms with Crippen molar-refractivity contribution in [2.75, 3.05) is 24.5 Å². The van der Waals surface area contributed by atoms with Crippen LogP contribution in [0.15, 0.2) is 42.5 Å². The van der Waals surface area contributed by atoms with Crippen LogP contribution in [-0.4, -0.2) is 46.7 Å². The van der Waals surface area contributed by atoms with Gasteiger partial charge in [-0.15, -0.1) is 0 Å². The monoisotopic (exact) mass is 412 g/mol. The van der Waals surface area contributed by atoms with Gasteiger partial charge in [0.2, 0.25) is 5.91 Å². The fourth-order valence-electron chi connectivity index (χ4n) is 4.90. The zero-order valence-corrected chi connectivity index (χ0v) is 17.5. The van der Waals surface area contributed by atoms with Crippen molar-refractivity contribution in [1.29, 1.82) is 0 Å². The molecule has 2 aromatic carbocycles. The molecular formula is C24H29FN2O3. The Morgan fingerprint density at radius 3 is 2.60 bits per heavy atom. The van der Waals surface area contributed by atoms with Gasteiger partial charge in [0.15, 0.2) is 0 Å². The molecule has 0 bridgehead atoms. The number of halogens is 1. The highest BCUT2D eigenvalue weighted by Crippen LogP contribution is 2.36. The van der Waals surface area contributed by atoms with Crippen LogP contribution in [0.1, 0.15) is 49.5 Å². The van der Waals surface area contributed by atoms with Gasteiger partial charge in [0.05, 0.1) is 11.7 Å². The molecule has 0 spiro atoms. The van der Waals surface area contributed by atoms with Crippen LogP contribution in [-0.2, 0) is 16.8 Å². The minimum absolute atomic E-state index is 0.0326. The normalized spacial score (nSPS) is 22.0. The summed E-state index contributed by atoms with van der Waals surface area (Å²) in [6.07, 6.45) is 0.984. The van der Waals surface area contributed by atoms with Gasteiger partial charge in [-0.3, -0.25) is 4.79 Å². The van der Waals surface area contributed by atoms with Gasteiger partial charge in [0.1, 0.15) is 5.82 Å². The molecule has 2 aliphatic rings. The molecule has 30 heavy (non-hydrogen) atoms. The van der Waals surface area contributed by atoms with Crippen molar-refractivity contribution in [3.8, 4) is 0 Å². The van der Waals surface area contributed by atoms with Gasteiger partial charge in [-0.25, -0.2) is 4.39 Å². The molecule has 6 heteroatoms. The number of hydrogen-bond acceptors (Lipinski definition) is 4. The number of carbonyl (C=O) groups is 1. The van der Waals surface area contributed by atoms with Crippen molar-refractivity contribution < 1.29 is 19.4 Å². The fraction of sp³-hybridized carbons (Fsp3) is 0.458. The van der Waals surface area contributed by atoms with Crippen molar-refractivity contribution in [2.24, 2.45) is 0 Å². The van der Waals surface area contributed by atoms with E-state index >= 15 is 0 Å². The van der Waals surface area contributed by atoms with E-state index in [9.17, 15) is 19.4 Å². The molecule has 160 valence electrons. The number of fused-ring (bicyclic) bond motifs is 1. The first-order valence-electron chi connectivity index (χ1n) is 10.6. The smallest absolute Gasteiger partial charge is 0.224 e. The lowest BCUT2D eigenvalue weighted by atomic mass is 9.84. The second kappa shape index (κ2) is 8.10. The lowest BCUT2D eigenvalue weighted by molar-refractivity contribution is -0.116. The summed E-state index contributed by atoms with van der Waals surface area (Å²) in [6.45, 7) is 5.23. The number of carbonyl (C=O) groups excluding carboxylic acids is 1. The number of benzene rings is 2. The maximum atomic E-state index is 14.1. The summed E-state index contributed by atoms with van der Waals surface area (Å²) >= 11 is 0. The molecule has 0 radical (unpaired) electrons. The quantitative estimate of drug-likeness (QED) is 0.810. The Labute approximate surface area is 176 Å². The summed E-state index contributed by atoms with van der Waals surface area (Å²) in [5, 5.41) is 21.7. The number of aliphatic hydroxyl groups is 2. The van der Waals surface area contributed by atoms with Crippen molar-refractivity contribution in [3.05, 3.63) is 65.0 Å². The van der Waals surface area contributed by atoms with Crippen molar-refractivity contribution in [2.45, 2.75) is 50.9 Å². The highest BCUT2D eigenvalue weighted by Gasteiger charge is 2.36. The van der Waals surface area contributed by atoms with E-state index in [4.69, 9.17) is 0 Å². The standard InChI is InChI=1S/C24H29FN2O3/c1-16-13-19-14-18(7-8-22(19)27(16)17(2)28)23(29)15-26-11-9-24(30,10-12-26)20-5-3-4-6-21(20)25/h3-8,14,16,23,29-30H,9-13,15H2,1-2H3/t16-,23-/m0/s1. The number of amides is 1. The third-order valence-corrected chi connectivity index (χ3v) is 6.53. The maximum absolute atomic E-state index is 14.1. The number of anilines is 1. The third kappa shape index (κ3) is 3.87. The minimum Gasteiger partial charge on any atom is -0.387 e. The number of nitrogens with zero attached hydrogens (tertiary/aromatic N) is 2. The predicted octanol–water partition coefficient (Wildman–Crippen LogP) is 3.14. The summed E-state index contributed by atoms with van der Waals surface area (Å²) in [5.41, 5.74) is 2.04. The first kappa shape index (κ1) is 21.0. The molecule has 2 atom stereocenters. The second-order valence-electron chi connectivity index (χ2n) is 8.66. The largest absolute Gasteiger partial charge is 0.387 e. The van der Waals surface area contributed by atoms with E-state index < -0.39 is 11.7 Å². The third-order valence-electron chi connectivity index (χ3n) is 6.53. The van der Waals surface area contributed by atoms with Crippen LogP contribution in [0.2, 0.25) is 0 Å². The SMILES string of the molecule is CC(=O)N1c2ccc([C@@H](O)CN3CCC(O)(c4ccccc4F)CC3)cc2C[C@@H]1C. The first-order chi connectivity index (χ1) is 14.3. The minimum atomic E-state index is -1.16. The van der Waals surface area contributed by atoms with E-state index in [0.717, 1.165) is 23.2 Å². The van der Waals surface area contributed by atoms with Gasteiger partial charge >= 0.3 is 0 Å². The predicted molar refractivity (Wildman–Crippen MR) is 114 cm³/mol. The summed E-state index contributed by atoms with van der Waals surface area (Å²) in [6, 6.07) is 12.3. The molecule has 2 heterocycles. The van der Waals surface area contributed by atoms with Gasteiger partial charge in [-0.2, -0.15) is 0 Å². The van der Waals surface area contributed by atoms with Crippen LogP contribution < -0.4 is 4.90 Å². The number of aliphatic hydroxyl groups excluding tert-OH is 1. The Kier molecular flexibility index (Phi) is 5.66. The van der Waals surface area contributed by atoms with Crippen LogP contribution in [0.25, 0.3) is 0 Å². The fourth-order valence-corrected chi connectivity index (χ4v) is 4.90. The average molecular weight is 413 g/mol. The van der Waals surface area contributed by atoms with Gasteiger partial charge < -0.3 is 20.0 Å². The number of rotatable bonds is 4. The van der Waals surface area contributed by atoms with E-state index in [2.05, 4.69) is 4.90 Å². The van der Waals surface area contributed by atoms with Crippen LogP contribution >= 0.6 is 0 Å². The Morgan fingerprint density at radius 1 is 1.23 bits per heavy atom. The Balaban J connectivity index is 1.40. The van der Waals surface area contributed by atoms with Crippen molar-refractivity contribution in [1.82, 2.24) is 4.90 Å². The average Bonchev–Trinajstić information content (AvgIpc) is 3.05. The highest BCUT2D eigenvalue weighted by molar-refractivity contribution is 5.94. The molecule has 1 saturated heterocycles. The van der Waals surface area contributed by atoms with Crippen LogP contribution in [0.3, 0.4) is 0 Å². The van der Waals surface area contributed by atoms with E-state index in [1.807, 2.05) is 25.1 Å². The summed E-state index contributed by atoms with van der Waals surface area (Å²) < 4.78 is 14.1. The maximum Gasteiger partial charge on any atom is 0.224 e. The second-order valence-corrected chi connectivity index (χ2v) is 8.66. The Morgan fingerprint density at radius 2 is 1.93 bits per heavy atom. The summed E-state index contributed by atoms with van der Waals surface area (Å²) in [7, 11) is 0. The molecule has 2 N–H and O–H groups in total. The van der Waals surface area contributed by atoms with Crippen LogP contribution in [0.5, 0.6) is 0 Å². The van der Waals surface area contributed by atoms with E-state index in [1.54, 1.807) is 30.0 Å². The molecule has 0 unspecified atom stereocenters. The van der Waals surface area contributed by atoms with Gasteiger partial charge in [-0.1, -0.05) is 30.3 Å². The van der Waals surface area contributed by atoms with Gasteiger partial charge in [0, 0.05) is 43.9 Å². The molecule has 2 aliphatic heterocycles. The van der Waals surface area contributed by atoms with E-state index in [1.165, 1.54) is 6.07 Å². The molecule has 0 aliphatic carbocycles. The van der Waals surface area contributed by atoms with Crippen LogP contribution in [0, 0.1) is 5.82 Å². The molecule has 4 rings (SSSR count). The highest BCUT2D eigenvalue weighted by atomic mass is 19.1. The summed E-state index contributed by atoms with van der Waals surface area (Å²) in [5.74, 6) is -0.342. The number of piperidine rings is 1. The zero-order valence-electron chi connectivity index (χ0n) is 17.5. The molecular weight excluding hydrogens is 383 g/mol. The van der Waals surface area contributed by atoms with E-state index in [0.29, 0.717) is 38.0 Å². The van der Waals surface area contributed by atoms with Crippen molar-refractivity contribution >= 4 is 11.6 Å². The zero-order chi connectivity index (χ0) is 21.5. The molecule has 5 nitrogen and oxygen atoms in total. The topological polar surface area (TPSA) is 64.0 Å². The first-order valence-corrected chi connectivity index (χ1v) is 10.6. The summed E-state index contributed by atoms with van der Waals surface area (Å²) in [4.78, 5) is 15.8. The van der Waals surface area contributed by atoms with Gasteiger partial charge in [0.25, 0.3) is 0 Å². The van der Waals surface area contributed by atoms with Crippen molar-refractivity contribution in [3.63, 3.8) is 0 Å². The lowest BCUT2D eigenvalue weighted by Crippen LogP contribution is -2.44. The molecule has 1 fully saturated rings. The molecule has 0 saturated carbocycles. The molecule has 1 amide bonds. The van der Waals surface area contributed by atoms with E-state index in [-0.39, 0.29) is 17.8 Å². The molecule has 0 aromatic heterocycles. The lowest BCUT2D eigenvalue weighted by Gasteiger charge is -2.39. The number of likely N-dealkylation sites (tertiary alicyclic amines) is 1. The van der Waals surface area contributed by atoms with Gasteiger partial charge in [-0.05, 0) is 49.4 Å². The van der Waals surface area contributed by atoms with Crippen LogP contribution in [0.4, 0.5) is 10.1 Å².